The number of aryl methyl sites for hydroxylation is 4. The van der Waals surface area contributed by atoms with E-state index in [2.05, 4.69) is 36.0 Å². The summed E-state index contributed by atoms with van der Waals surface area (Å²) in [5.41, 5.74) is 11.5. The van der Waals surface area contributed by atoms with Gasteiger partial charge in [-0.25, -0.2) is 30.4 Å². The van der Waals surface area contributed by atoms with Crippen molar-refractivity contribution in [2.24, 2.45) is 10.2 Å². The maximum Gasteiger partial charge on any atom is 0.337 e. The third-order valence-electron chi connectivity index (χ3n) is 10.3. The van der Waals surface area contributed by atoms with Gasteiger partial charge in [0.2, 0.25) is 0 Å². The van der Waals surface area contributed by atoms with Gasteiger partial charge in [0.05, 0.1) is 46.1 Å². The van der Waals surface area contributed by atoms with Crippen LogP contribution in [0.25, 0.3) is 33.3 Å². The van der Waals surface area contributed by atoms with Crippen molar-refractivity contribution in [2.75, 3.05) is 0 Å². The minimum Gasteiger partial charge on any atom is -0.478 e. The molecule has 3 aromatic carbocycles. The predicted octanol–water partition coefficient (Wildman–Crippen LogP) is 7.09. The predicted molar refractivity (Wildman–Crippen MR) is 234 cm³/mol. The number of rotatable bonds is 13. The second-order valence-electron chi connectivity index (χ2n) is 14.3. The number of carbonyl (C=O) groups excluding carboxylic acids is 2. The number of nitrogens with one attached hydrogen (secondary N) is 2. The number of amides is 2. The Hall–Kier alpha value is -8.59. The molecule has 0 fully saturated rings. The van der Waals surface area contributed by atoms with Crippen molar-refractivity contribution in [3.8, 4) is 11.4 Å². The number of hydrogen-bond acceptors (Lipinski definition) is 9. The van der Waals surface area contributed by atoms with Gasteiger partial charge >= 0.3 is 11.9 Å². The number of aromatic carboxylic acids is 2. The summed E-state index contributed by atoms with van der Waals surface area (Å²) in [6, 6.07) is 32.8. The molecule has 5 heterocycles. The molecule has 306 valence electrons. The first kappa shape index (κ1) is 40.2. The zero-order chi connectivity index (χ0) is 43.3. The number of fused-ring (bicyclic) bond motifs is 2. The summed E-state index contributed by atoms with van der Waals surface area (Å²) in [4.78, 5) is 64.8. The van der Waals surface area contributed by atoms with Crippen LogP contribution in [-0.4, -0.2) is 70.5 Å². The van der Waals surface area contributed by atoms with Crippen molar-refractivity contribution in [3.05, 3.63) is 184 Å². The number of hydrazone groups is 2. The lowest BCUT2D eigenvalue weighted by molar-refractivity contribution is 0.0686. The number of carboxylic acid groups (broad SMARTS) is 2. The van der Waals surface area contributed by atoms with Gasteiger partial charge in [-0.2, -0.15) is 10.2 Å². The number of carboxylic acids is 2. The third-order valence-corrected chi connectivity index (χ3v) is 10.3. The molecule has 0 bridgehead atoms. The molecule has 2 amide bonds. The number of aromatic nitrogens is 5. The highest BCUT2D eigenvalue weighted by molar-refractivity contribution is 6.01. The van der Waals surface area contributed by atoms with E-state index in [9.17, 15) is 29.4 Å². The van der Waals surface area contributed by atoms with E-state index in [-0.39, 0.29) is 27.9 Å². The molecule has 0 spiro atoms. The van der Waals surface area contributed by atoms with Gasteiger partial charge in [0.1, 0.15) is 0 Å². The number of benzene rings is 3. The molecule has 8 rings (SSSR count). The fourth-order valence-corrected chi connectivity index (χ4v) is 7.32. The Balaban J connectivity index is 1.03. The summed E-state index contributed by atoms with van der Waals surface area (Å²) in [7, 11) is 0. The molecule has 0 aliphatic rings. The van der Waals surface area contributed by atoms with Gasteiger partial charge in [-0.3, -0.25) is 14.6 Å². The lowest BCUT2D eigenvalue weighted by Gasteiger charge is -2.18. The van der Waals surface area contributed by atoms with E-state index in [1.165, 1.54) is 48.8 Å². The van der Waals surface area contributed by atoms with Gasteiger partial charge in [-0.05, 0) is 124 Å². The fraction of sp³-hybridized carbons (Fsp3) is 0.0851. The summed E-state index contributed by atoms with van der Waals surface area (Å²) >= 11 is 0. The van der Waals surface area contributed by atoms with Crippen LogP contribution >= 0.6 is 0 Å². The van der Waals surface area contributed by atoms with Gasteiger partial charge in [-0.15, -0.1) is 0 Å². The second kappa shape index (κ2) is 17.3. The third kappa shape index (κ3) is 8.31. The molecule has 0 atom stereocenters. The molecule has 0 unspecified atom stereocenters. The Morgan fingerprint density at radius 2 is 1.21 bits per heavy atom. The molecule has 15 nitrogen and oxygen atoms in total. The van der Waals surface area contributed by atoms with Gasteiger partial charge in [0.15, 0.2) is 5.65 Å². The highest BCUT2D eigenvalue weighted by Gasteiger charge is 2.21. The van der Waals surface area contributed by atoms with E-state index < -0.39 is 23.8 Å². The van der Waals surface area contributed by atoms with Crippen LogP contribution in [0.2, 0.25) is 0 Å². The zero-order valence-electron chi connectivity index (χ0n) is 33.4. The van der Waals surface area contributed by atoms with E-state index in [0.29, 0.717) is 29.9 Å². The highest BCUT2D eigenvalue weighted by atomic mass is 16.4. The van der Waals surface area contributed by atoms with Crippen LogP contribution in [0, 0.1) is 13.8 Å². The van der Waals surface area contributed by atoms with Gasteiger partial charge in [0, 0.05) is 62.6 Å². The average molecular weight is 824 g/mol. The van der Waals surface area contributed by atoms with Crippen LogP contribution in [0.5, 0.6) is 0 Å². The van der Waals surface area contributed by atoms with Crippen LogP contribution in [0.1, 0.15) is 75.5 Å². The van der Waals surface area contributed by atoms with E-state index in [4.69, 9.17) is 0 Å². The second-order valence-corrected chi connectivity index (χ2v) is 14.3. The number of nitrogens with zero attached hydrogens (tertiary/aromatic N) is 7. The Morgan fingerprint density at radius 3 is 1.82 bits per heavy atom. The number of pyridine rings is 3. The Bertz CT molecular complexity index is 3120. The maximum atomic E-state index is 13.4. The molecule has 15 heteroatoms. The summed E-state index contributed by atoms with van der Waals surface area (Å²) in [5, 5.41) is 30.4. The minimum absolute atomic E-state index is 0.0101. The summed E-state index contributed by atoms with van der Waals surface area (Å²) in [5.74, 6) is -3.44. The van der Waals surface area contributed by atoms with Crippen LogP contribution in [0.15, 0.2) is 138 Å². The summed E-state index contributed by atoms with van der Waals surface area (Å²) in [6.07, 6.45) is 7.06. The van der Waals surface area contributed by atoms with Crippen LogP contribution < -0.4 is 10.9 Å². The van der Waals surface area contributed by atoms with E-state index in [0.717, 1.165) is 44.6 Å². The van der Waals surface area contributed by atoms with Crippen molar-refractivity contribution in [2.45, 2.75) is 26.7 Å². The Labute approximate surface area is 353 Å². The first-order valence-corrected chi connectivity index (χ1v) is 19.4. The maximum absolute atomic E-state index is 13.4. The van der Waals surface area contributed by atoms with Gasteiger partial charge < -0.3 is 19.3 Å². The molecule has 0 aliphatic carbocycles. The summed E-state index contributed by atoms with van der Waals surface area (Å²) in [6.45, 7) is 3.68. The minimum atomic E-state index is -1.17. The Kier molecular flexibility index (Phi) is 11.2. The molecule has 62 heavy (non-hydrogen) atoms. The molecular formula is C47H37N9O6. The smallest absolute Gasteiger partial charge is 0.337 e. The van der Waals surface area contributed by atoms with Crippen LogP contribution in [-0.2, 0) is 12.8 Å². The van der Waals surface area contributed by atoms with E-state index >= 15 is 0 Å². The lowest BCUT2D eigenvalue weighted by atomic mass is 10.1. The van der Waals surface area contributed by atoms with E-state index in [1.54, 1.807) is 27.6 Å². The molecule has 0 radical (unpaired) electrons. The molecule has 0 saturated heterocycles. The molecular weight excluding hydrogens is 787 g/mol. The molecule has 4 N–H and O–H groups in total. The first-order valence-electron chi connectivity index (χ1n) is 19.4. The zero-order valence-corrected chi connectivity index (χ0v) is 33.4. The Morgan fingerprint density at radius 1 is 0.629 bits per heavy atom. The number of hydrogen-bond donors (Lipinski definition) is 4. The SMILES string of the molecule is Cc1ccc(CCc2ccc(C)n2-c2cc(C(=O)N/N=C/c3cccc4ncccc34)ccc2C(=O)O)n1-c1cc(C(=O)N/N=C/c2ccc3cccnc3n2)ccc1C(=O)O. The van der Waals surface area contributed by atoms with Crippen LogP contribution in [0.3, 0.4) is 0 Å². The van der Waals surface area contributed by atoms with Crippen molar-refractivity contribution in [1.29, 1.82) is 0 Å². The largest absolute Gasteiger partial charge is 0.478 e. The first-order chi connectivity index (χ1) is 30.0. The summed E-state index contributed by atoms with van der Waals surface area (Å²) < 4.78 is 3.59. The van der Waals surface area contributed by atoms with Gasteiger partial charge in [-0.1, -0.05) is 18.2 Å². The van der Waals surface area contributed by atoms with Crippen molar-refractivity contribution < 1.29 is 29.4 Å². The van der Waals surface area contributed by atoms with Crippen molar-refractivity contribution in [3.63, 3.8) is 0 Å². The highest BCUT2D eigenvalue weighted by Crippen LogP contribution is 2.27. The quantitative estimate of drug-likeness (QED) is 0.0691. The van der Waals surface area contributed by atoms with Gasteiger partial charge in [0.25, 0.3) is 11.8 Å². The number of carbonyl (C=O) groups is 4. The molecule has 8 aromatic rings. The molecule has 5 aromatic heterocycles. The normalized spacial score (nSPS) is 11.5. The lowest BCUT2D eigenvalue weighted by Crippen LogP contribution is -2.19. The average Bonchev–Trinajstić information content (AvgIpc) is 3.85. The molecule has 0 saturated carbocycles. The fourth-order valence-electron chi connectivity index (χ4n) is 7.32. The van der Waals surface area contributed by atoms with Crippen molar-refractivity contribution in [1.82, 2.24) is 34.9 Å². The van der Waals surface area contributed by atoms with Crippen LogP contribution in [0.4, 0.5) is 0 Å². The van der Waals surface area contributed by atoms with E-state index in [1.807, 2.05) is 86.6 Å². The topological polar surface area (TPSA) is 206 Å². The molecule has 0 aliphatic heterocycles. The monoisotopic (exact) mass is 823 g/mol. The standard InChI is InChI=1S/C47H37N9O6/c1-28-10-16-35(55(28)41-24-31(13-20-38(41)46(59)60)44(57)53-50-26-33-6-3-9-40-37(33)8-5-22-48-40)18-19-36-17-11-29(2)56(36)42-25-32(14-21-39(42)47(61)62)45(58)54-51-27-34-15-12-30-7-4-23-49-43(30)52-34/h3-17,20-27H,18-19H2,1-2H3,(H,53,57)(H,54,58)(H,59,60)(H,61,62)/b50-26+,51-27+. The van der Waals surface area contributed by atoms with Crippen molar-refractivity contribution >= 4 is 58.1 Å².